The highest BCUT2D eigenvalue weighted by Crippen LogP contribution is 2.26. The predicted molar refractivity (Wildman–Crippen MR) is 97.2 cm³/mol. The maximum absolute atomic E-state index is 10.7. The van der Waals surface area contributed by atoms with Crippen LogP contribution >= 0.6 is 0 Å². The van der Waals surface area contributed by atoms with Crippen LogP contribution in [0, 0.1) is 17.0 Å². The summed E-state index contributed by atoms with van der Waals surface area (Å²) in [6, 6.07) is 18.0. The van der Waals surface area contributed by atoms with Gasteiger partial charge in [-0.3, -0.25) is 10.1 Å². The van der Waals surface area contributed by atoms with Gasteiger partial charge in [0.05, 0.1) is 23.9 Å². The van der Waals surface area contributed by atoms with Crippen molar-refractivity contribution in [2.24, 2.45) is 5.10 Å². The molecule has 0 aliphatic rings. The van der Waals surface area contributed by atoms with Crippen molar-refractivity contribution >= 4 is 11.9 Å². The Morgan fingerprint density at radius 3 is 2.56 bits per heavy atom. The van der Waals surface area contributed by atoms with Gasteiger partial charge in [0.25, 0.3) is 5.69 Å². The average Bonchev–Trinajstić information content (AvgIpc) is 3.01. The Morgan fingerprint density at radius 2 is 1.88 bits per heavy atom. The first-order valence-corrected chi connectivity index (χ1v) is 7.70. The Labute approximate surface area is 145 Å². The van der Waals surface area contributed by atoms with E-state index in [1.807, 2.05) is 48.0 Å². The number of non-ortho nitro benzene ring substituents is 1. The van der Waals surface area contributed by atoms with Gasteiger partial charge in [-0.2, -0.15) is 5.10 Å². The van der Waals surface area contributed by atoms with E-state index < -0.39 is 4.92 Å². The van der Waals surface area contributed by atoms with Crippen molar-refractivity contribution in [1.29, 1.82) is 0 Å². The molecule has 0 N–H and O–H groups in total. The molecule has 25 heavy (non-hydrogen) atoms. The van der Waals surface area contributed by atoms with E-state index >= 15 is 0 Å². The number of hydrogen-bond donors (Lipinski definition) is 0. The molecule has 126 valence electrons. The SMILES string of the molecule is COc1cccc(-c2ccc(C)n2/N=C/c2ccc([N+](=O)[O-])cc2)c1. The maximum atomic E-state index is 10.7. The molecule has 0 saturated carbocycles. The summed E-state index contributed by atoms with van der Waals surface area (Å²) in [5, 5.41) is 15.2. The van der Waals surface area contributed by atoms with Crippen molar-refractivity contribution in [3.05, 3.63) is 82.0 Å². The molecule has 0 spiro atoms. The topological polar surface area (TPSA) is 69.7 Å². The number of methoxy groups -OCH3 is 1. The summed E-state index contributed by atoms with van der Waals surface area (Å²) < 4.78 is 7.11. The van der Waals surface area contributed by atoms with Gasteiger partial charge in [0.1, 0.15) is 5.75 Å². The second-order valence-corrected chi connectivity index (χ2v) is 5.50. The molecule has 6 nitrogen and oxygen atoms in total. The lowest BCUT2D eigenvalue weighted by atomic mass is 10.1. The van der Waals surface area contributed by atoms with Crippen molar-refractivity contribution in [3.63, 3.8) is 0 Å². The highest BCUT2D eigenvalue weighted by atomic mass is 16.6. The highest BCUT2D eigenvalue weighted by Gasteiger charge is 2.08. The average molecular weight is 335 g/mol. The van der Waals surface area contributed by atoms with Crippen LogP contribution in [-0.2, 0) is 0 Å². The van der Waals surface area contributed by atoms with Crippen LogP contribution in [-0.4, -0.2) is 22.9 Å². The van der Waals surface area contributed by atoms with Crippen molar-refractivity contribution < 1.29 is 9.66 Å². The lowest BCUT2D eigenvalue weighted by molar-refractivity contribution is -0.384. The molecule has 3 aromatic rings. The normalized spacial score (nSPS) is 11.0. The standard InChI is InChI=1S/C19H17N3O3/c1-14-6-11-19(16-4-3-5-18(12-16)25-2)21(14)20-13-15-7-9-17(10-8-15)22(23)24/h3-13H,1-2H3/b20-13+. The highest BCUT2D eigenvalue weighted by molar-refractivity contribution is 5.80. The van der Waals surface area contributed by atoms with Crippen LogP contribution in [0.5, 0.6) is 5.75 Å². The summed E-state index contributed by atoms with van der Waals surface area (Å²) in [6.45, 7) is 1.97. The van der Waals surface area contributed by atoms with Gasteiger partial charge in [0.15, 0.2) is 0 Å². The van der Waals surface area contributed by atoms with Gasteiger partial charge in [0.2, 0.25) is 0 Å². The third-order valence-electron chi connectivity index (χ3n) is 3.84. The number of nitro benzene ring substituents is 1. The molecule has 0 bridgehead atoms. The molecule has 6 heteroatoms. The summed E-state index contributed by atoms with van der Waals surface area (Å²) >= 11 is 0. The Bertz CT molecular complexity index is 927. The summed E-state index contributed by atoms with van der Waals surface area (Å²) in [5.74, 6) is 0.780. The molecule has 0 aliphatic heterocycles. The van der Waals surface area contributed by atoms with Gasteiger partial charge in [-0.05, 0) is 48.9 Å². The maximum Gasteiger partial charge on any atom is 0.269 e. The van der Waals surface area contributed by atoms with E-state index in [9.17, 15) is 10.1 Å². The Kier molecular flexibility index (Phi) is 4.61. The number of nitrogens with zero attached hydrogens (tertiary/aromatic N) is 3. The first-order valence-electron chi connectivity index (χ1n) is 7.70. The Balaban J connectivity index is 1.92. The fourth-order valence-corrected chi connectivity index (χ4v) is 2.49. The molecule has 0 fully saturated rings. The zero-order chi connectivity index (χ0) is 17.8. The van der Waals surface area contributed by atoms with Gasteiger partial charge in [-0.15, -0.1) is 0 Å². The molecular weight excluding hydrogens is 318 g/mol. The largest absolute Gasteiger partial charge is 0.497 e. The number of aromatic nitrogens is 1. The van der Waals surface area contributed by atoms with Crippen LogP contribution in [0.15, 0.2) is 65.8 Å². The zero-order valence-corrected chi connectivity index (χ0v) is 13.9. The van der Waals surface area contributed by atoms with Crippen molar-refractivity contribution in [2.45, 2.75) is 6.92 Å². The molecule has 0 atom stereocenters. The molecule has 2 aromatic carbocycles. The van der Waals surface area contributed by atoms with Gasteiger partial charge in [-0.1, -0.05) is 12.1 Å². The molecule has 0 unspecified atom stereocenters. The minimum atomic E-state index is -0.419. The van der Waals surface area contributed by atoms with E-state index in [2.05, 4.69) is 5.10 Å². The molecule has 0 radical (unpaired) electrons. The summed E-state index contributed by atoms with van der Waals surface area (Å²) in [7, 11) is 1.64. The van der Waals surface area contributed by atoms with E-state index in [1.54, 1.807) is 25.5 Å². The van der Waals surface area contributed by atoms with Crippen molar-refractivity contribution in [1.82, 2.24) is 4.68 Å². The summed E-state index contributed by atoms with van der Waals surface area (Å²) in [6.07, 6.45) is 1.68. The Hall–Kier alpha value is -3.41. The van der Waals surface area contributed by atoms with Gasteiger partial charge < -0.3 is 4.74 Å². The van der Waals surface area contributed by atoms with Crippen LogP contribution in [0.4, 0.5) is 5.69 Å². The second-order valence-electron chi connectivity index (χ2n) is 5.50. The first kappa shape index (κ1) is 16.4. The number of benzene rings is 2. The van der Waals surface area contributed by atoms with E-state index in [1.165, 1.54) is 12.1 Å². The molecule has 0 amide bonds. The van der Waals surface area contributed by atoms with E-state index in [0.29, 0.717) is 0 Å². The summed E-state index contributed by atoms with van der Waals surface area (Å²) in [5.41, 5.74) is 3.76. The number of nitro groups is 1. The number of aryl methyl sites for hydroxylation is 1. The number of rotatable bonds is 5. The molecule has 1 heterocycles. The molecule has 0 aliphatic carbocycles. The third-order valence-corrected chi connectivity index (χ3v) is 3.84. The zero-order valence-electron chi connectivity index (χ0n) is 13.9. The lowest BCUT2D eigenvalue weighted by Gasteiger charge is -2.07. The minimum Gasteiger partial charge on any atom is -0.497 e. The number of ether oxygens (including phenoxy) is 1. The lowest BCUT2D eigenvalue weighted by Crippen LogP contribution is -1.96. The first-order chi connectivity index (χ1) is 12.1. The predicted octanol–water partition coefficient (Wildman–Crippen LogP) is 4.26. The molecular formula is C19H17N3O3. The van der Waals surface area contributed by atoms with E-state index in [0.717, 1.165) is 28.3 Å². The number of hydrogen-bond acceptors (Lipinski definition) is 4. The molecule has 1 aromatic heterocycles. The third kappa shape index (κ3) is 3.58. The van der Waals surface area contributed by atoms with Crippen LogP contribution in [0.25, 0.3) is 11.3 Å². The van der Waals surface area contributed by atoms with Gasteiger partial charge in [0, 0.05) is 23.4 Å². The monoisotopic (exact) mass is 335 g/mol. The van der Waals surface area contributed by atoms with E-state index in [4.69, 9.17) is 4.74 Å². The van der Waals surface area contributed by atoms with E-state index in [-0.39, 0.29) is 5.69 Å². The fourth-order valence-electron chi connectivity index (χ4n) is 2.49. The quantitative estimate of drug-likeness (QED) is 0.397. The van der Waals surface area contributed by atoms with Crippen LogP contribution in [0.3, 0.4) is 0 Å². The minimum absolute atomic E-state index is 0.0614. The Morgan fingerprint density at radius 1 is 1.12 bits per heavy atom. The van der Waals surface area contributed by atoms with Crippen molar-refractivity contribution in [3.8, 4) is 17.0 Å². The van der Waals surface area contributed by atoms with Gasteiger partial charge in [-0.25, -0.2) is 4.68 Å². The fraction of sp³-hybridized carbons (Fsp3) is 0.105. The van der Waals surface area contributed by atoms with Crippen molar-refractivity contribution in [2.75, 3.05) is 7.11 Å². The van der Waals surface area contributed by atoms with Crippen LogP contribution < -0.4 is 4.74 Å². The molecule has 3 rings (SSSR count). The summed E-state index contributed by atoms with van der Waals surface area (Å²) in [4.78, 5) is 10.3. The smallest absolute Gasteiger partial charge is 0.269 e. The van der Waals surface area contributed by atoms with Gasteiger partial charge >= 0.3 is 0 Å². The molecule has 0 saturated heterocycles. The van der Waals surface area contributed by atoms with Crippen LogP contribution in [0.1, 0.15) is 11.3 Å². The second kappa shape index (κ2) is 7.00. The van der Waals surface area contributed by atoms with Crippen LogP contribution in [0.2, 0.25) is 0 Å².